The van der Waals surface area contributed by atoms with Crippen molar-refractivity contribution in [3.05, 3.63) is 18.0 Å². The largest absolute Gasteiger partial charge is 0.433 e. The van der Waals surface area contributed by atoms with Crippen molar-refractivity contribution in [1.82, 2.24) is 20.2 Å². The number of carbonyl (C=O) groups excluding carboxylic acids is 1. The summed E-state index contributed by atoms with van der Waals surface area (Å²) in [5, 5.41) is 16.4. The molecule has 3 aliphatic carbocycles. The first-order valence-electron chi connectivity index (χ1n) is 13.0. The lowest BCUT2D eigenvalue weighted by molar-refractivity contribution is -0.141. The van der Waals surface area contributed by atoms with Gasteiger partial charge in [0.2, 0.25) is 11.9 Å². The van der Waals surface area contributed by atoms with Crippen LogP contribution in [-0.2, 0) is 11.0 Å². The maximum absolute atomic E-state index is 13.2. The van der Waals surface area contributed by atoms with Gasteiger partial charge in [-0.1, -0.05) is 27.2 Å². The van der Waals surface area contributed by atoms with Crippen LogP contribution in [0.4, 0.5) is 19.1 Å². The number of aromatic nitrogens is 2. The average Bonchev–Trinajstić information content (AvgIpc) is 3.02. The standard InChI is InChI=1S/C26H37F3N6O/c1-5-7-19(14-30)35(4)21(36)15-32-23-10-17(3)11-24(16-23)18(12-23)13-25(24,6-2)34-22-31-9-8-20(33-22)26(27,28)29/h8-9,17-19,32H,5-7,10-13,15-16H2,1-4H3,(H,31,33,34)/t17?,18?,19-,23?,24?,25?/m0/s1. The fourth-order valence-electron chi connectivity index (χ4n) is 7.70. The van der Waals surface area contributed by atoms with E-state index < -0.39 is 17.9 Å². The monoisotopic (exact) mass is 506 g/mol. The Kier molecular flexibility index (Phi) is 7.01. The normalized spacial score (nSPS) is 33.7. The number of amides is 1. The van der Waals surface area contributed by atoms with Crippen LogP contribution in [0.2, 0.25) is 0 Å². The predicted molar refractivity (Wildman–Crippen MR) is 130 cm³/mol. The Morgan fingerprint density at radius 3 is 2.69 bits per heavy atom. The van der Waals surface area contributed by atoms with Crippen LogP contribution in [0, 0.1) is 28.6 Å². The highest BCUT2D eigenvalue weighted by atomic mass is 19.4. The van der Waals surface area contributed by atoms with E-state index in [0.717, 1.165) is 57.2 Å². The van der Waals surface area contributed by atoms with Crippen molar-refractivity contribution in [2.24, 2.45) is 17.3 Å². The summed E-state index contributed by atoms with van der Waals surface area (Å²) in [6.45, 7) is 6.47. The zero-order chi connectivity index (χ0) is 26.4. The van der Waals surface area contributed by atoms with Crippen LogP contribution in [0.1, 0.15) is 77.8 Å². The molecule has 36 heavy (non-hydrogen) atoms. The SMILES string of the molecule is CCC[C@@H](C#N)N(C)C(=O)CNC12CC(C)CC3(C1)C(C2)CC3(CC)Nc1nccc(C(F)(F)F)n1. The topological polar surface area (TPSA) is 93.9 Å². The number of carbonyl (C=O) groups is 1. The van der Waals surface area contributed by atoms with E-state index in [2.05, 4.69) is 40.5 Å². The van der Waals surface area contributed by atoms with Crippen molar-refractivity contribution in [2.45, 2.75) is 95.4 Å². The van der Waals surface area contributed by atoms with E-state index in [4.69, 9.17) is 0 Å². The molecule has 0 aromatic carbocycles. The summed E-state index contributed by atoms with van der Waals surface area (Å²) < 4.78 is 39.7. The van der Waals surface area contributed by atoms with Crippen LogP contribution in [-0.4, -0.2) is 51.5 Å². The fraction of sp³-hybridized carbons (Fsp3) is 0.769. The van der Waals surface area contributed by atoms with E-state index in [-0.39, 0.29) is 34.9 Å². The Morgan fingerprint density at radius 1 is 1.31 bits per heavy atom. The number of nitrogens with zero attached hydrogens (tertiary/aromatic N) is 4. The van der Waals surface area contributed by atoms with Crippen molar-refractivity contribution in [2.75, 3.05) is 18.9 Å². The number of hydrogen-bond donors (Lipinski definition) is 2. The molecule has 1 amide bonds. The van der Waals surface area contributed by atoms with Gasteiger partial charge in [-0.2, -0.15) is 18.4 Å². The summed E-state index contributed by atoms with van der Waals surface area (Å²) >= 11 is 0. The molecule has 1 spiro atoms. The first-order valence-corrected chi connectivity index (χ1v) is 13.0. The molecule has 1 heterocycles. The molecule has 0 aliphatic heterocycles. The average molecular weight is 507 g/mol. The fourth-order valence-corrected chi connectivity index (χ4v) is 7.70. The molecule has 6 atom stereocenters. The number of rotatable bonds is 9. The first-order chi connectivity index (χ1) is 16.9. The second-order valence-corrected chi connectivity index (χ2v) is 11.3. The van der Waals surface area contributed by atoms with Crippen LogP contribution in [0.15, 0.2) is 12.3 Å². The molecule has 3 fully saturated rings. The number of fused-ring (bicyclic) bond motifs is 1. The lowest BCUT2D eigenvalue weighted by atomic mass is 9.45. The maximum atomic E-state index is 13.2. The zero-order valence-corrected chi connectivity index (χ0v) is 21.6. The molecule has 10 heteroatoms. The Bertz CT molecular complexity index is 1030. The molecule has 1 aromatic heterocycles. The lowest BCUT2D eigenvalue weighted by Gasteiger charge is -2.64. The number of nitriles is 1. The summed E-state index contributed by atoms with van der Waals surface area (Å²) in [5.41, 5.74) is -1.61. The van der Waals surface area contributed by atoms with Crippen LogP contribution >= 0.6 is 0 Å². The molecular weight excluding hydrogens is 469 g/mol. The van der Waals surface area contributed by atoms with Crippen LogP contribution in [0.25, 0.3) is 0 Å². The molecule has 198 valence electrons. The summed E-state index contributed by atoms with van der Waals surface area (Å²) in [4.78, 5) is 22.4. The van der Waals surface area contributed by atoms with Gasteiger partial charge in [-0.3, -0.25) is 4.79 Å². The van der Waals surface area contributed by atoms with Gasteiger partial charge in [0.1, 0.15) is 11.7 Å². The number of anilines is 1. The van der Waals surface area contributed by atoms with Crippen molar-refractivity contribution < 1.29 is 18.0 Å². The third-order valence-electron chi connectivity index (χ3n) is 9.16. The summed E-state index contributed by atoms with van der Waals surface area (Å²) in [6, 6.07) is 2.69. The smallest absolute Gasteiger partial charge is 0.348 e. The highest BCUT2D eigenvalue weighted by molar-refractivity contribution is 5.78. The number of hydrogen-bond acceptors (Lipinski definition) is 6. The van der Waals surface area contributed by atoms with Crippen LogP contribution in [0.5, 0.6) is 0 Å². The quantitative estimate of drug-likeness (QED) is 0.501. The minimum absolute atomic E-state index is 0.0263. The van der Waals surface area contributed by atoms with E-state index in [0.29, 0.717) is 18.3 Å². The van der Waals surface area contributed by atoms with E-state index in [9.17, 15) is 23.2 Å². The third kappa shape index (κ3) is 4.44. The van der Waals surface area contributed by atoms with Gasteiger partial charge in [0.15, 0.2) is 0 Å². The van der Waals surface area contributed by atoms with Crippen molar-refractivity contribution in [1.29, 1.82) is 5.26 Å². The van der Waals surface area contributed by atoms with Gasteiger partial charge in [0.05, 0.1) is 12.6 Å². The third-order valence-corrected chi connectivity index (χ3v) is 9.16. The van der Waals surface area contributed by atoms with Crippen LogP contribution in [0.3, 0.4) is 0 Å². The molecule has 5 unspecified atom stereocenters. The Morgan fingerprint density at radius 2 is 2.06 bits per heavy atom. The Labute approximate surface area is 211 Å². The molecule has 7 nitrogen and oxygen atoms in total. The van der Waals surface area contributed by atoms with Gasteiger partial charge in [-0.25, -0.2) is 9.97 Å². The second kappa shape index (κ2) is 9.47. The molecule has 1 aromatic rings. The van der Waals surface area contributed by atoms with Crippen molar-refractivity contribution in [3.63, 3.8) is 0 Å². The number of likely N-dealkylation sites (N-methyl/N-ethyl adjacent to an activating group) is 1. The summed E-state index contributed by atoms with van der Waals surface area (Å²) in [5.74, 6) is 0.770. The van der Waals surface area contributed by atoms with Crippen molar-refractivity contribution in [3.8, 4) is 6.07 Å². The molecule has 3 aliphatic rings. The highest BCUT2D eigenvalue weighted by Gasteiger charge is 2.73. The van der Waals surface area contributed by atoms with Gasteiger partial charge >= 0.3 is 6.18 Å². The van der Waals surface area contributed by atoms with E-state index in [1.54, 1.807) is 11.9 Å². The predicted octanol–water partition coefficient (Wildman–Crippen LogP) is 4.77. The number of nitrogens with one attached hydrogen (secondary N) is 2. The van der Waals surface area contributed by atoms with E-state index >= 15 is 0 Å². The first kappa shape index (κ1) is 26.6. The Balaban J connectivity index is 1.52. The Hall–Kier alpha value is -2.41. The molecule has 2 N–H and O–H groups in total. The van der Waals surface area contributed by atoms with Gasteiger partial charge < -0.3 is 15.5 Å². The zero-order valence-electron chi connectivity index (χ0n) is 21.6. The van der Waals surface area contributed by atoms with Gasteiger partial charge in [-0.05, 0) is 68.3 Å². The highest BCUT2D eigenvalue weighted by Crippen LogP contribution is 2.73. The minimum Gasteiger partial charge on any atom is -0.348 e. The summed E-state index contributed by atoms with van der Waals surface area (Å²) in [7, 11) is 1.69. The van der Waals surface area contributed by atoms with Crippen LogP contribution < -0.4 is 10.6 Å². The minimum atomic E-state index is -4.52. The molecule has 2 bridgehead atoms. The molecule has 4 rings (SSSR count). The molecular formula is C26H37F3N6O. The number of halogens is 3. The lowest BCUT2D eigenvalue weighted by Crippen LogP contribution is -2.67. The molecule has 0 radical (unpaired) electrons. The van der Waals surface area contributed by atoms with Gasteiger partial charge in [-0.15, -0.1) is 0 Å². The second-order valence-electron chi connectivity index (χ2n) is 11.3. The molecule has 3 saturated carbocycles. The van der Waals surface area contributed by atoms with Gasteiger partial charge in [0.25, 0.3) is 0 Å². The maximum Gasteiger partial charge on any atom is 0.433 e. The van der Waals surface area contributed by atoms with E-state index in [1.165, 1.54) is 0 Å². The summed E-state index contributed by atoms with van der Waals surface area (Å²) in [6.07, 6.45) is 3.47. The van der Waals surface area contributed by atoms with Crippen molar-refractivity contribution >= 4 is 11.9 Å². The van der Waals surface area contributed by atoms with Gasteiger partial charge in [0, 0.05) is 24.3 Å². The number of alkyl halides is 3. The van der Waals surface area contributed by atoms with E-state index in [1.807, 2.05) is 6.92 Å². The molecule has 0 saturated heterocycles.